The molecule has 1 aliphatic rings. The molecule has 1 heterocycles. The van der Waals surface area contributed by atoms with E-state index in [1.165, 1.54) is 4.90 Å². The molecule has 0 radical (unpaired) electrons. The number of ether oxygens (including phenoxy) is 1. The van der Waals surface area contributed by atoms with Crippen molar-refractivity contribution in [3.8, 4) is 0 Å². The minimum absolute atomic E-state index is 0.0158. The van der Waals surface area contributed by atoms with Crippen LogP contribution in [-0.2, 0) is 14.3 Å². The van der Waals surface area contributed by atoms with Crippen molar-refractivity contribution >= 4 is 11.9 Å². The van der Waals surface area contributed by atoms with Crippen molar-refractivity contribution in [1.82, 2.24) is 4.90 Å². The number of aliphatic carboxylic acids is 1. The Balaban J connectivity index is 2.72. The quantitative estimate of drug-likeness (QED) is 0.803. The Morgan fingerprint density at radius 3 is 2.53 bits per heavy atom. The van der Waals surface area contributed by atoms with Crippen LogP contribution < -0.4 is 0 Å². The topological polar surface area (TPSA) is 66.8 Å². The molecule has 1 amide bonds. The van der Waals surface area contributed by atoms with E-state index in [1.54, 1.807) is 7.11 Å². The SMILES string of the molecule is COC(C)(C)CC(=O)N1CCC(C)C1C(=O)O. The maximum atomic E-state index is 12.1. The van der Waals surface area contributed by atoms with Crippen LogP contribution in [0, 0.1) is 5.92 Å². The summed E-state index contributed by atoms with van der Waals surface area (Å²) in [5.74, 6) is -1.05. The van der Waals surface area contributed by atoms with Crippen molar-refractivity contribution in [3.63, 3.8) is 0 Å². The van der Waals surface area contributed by atoms with E-state index in [4.69, 9.17) is 9.84 Å². The Bertz CT molecular complexity index is 314. The summed E-state index contributed by atoms with van der Waals surface area (Å²) in [7, 11) is 1.55. The number of carboxylic acid groups (broad SMARTS) is 1. The van der Waals surface area contributed by atoms with E-state index < -0.39 is 17.6 Å². The van der Waals surface area contributed by atoms with Gasteiger partial charge < -0.3 is 14.7 Å². The normalized spacial score (nSPS) is 25.1. The van der Waals surface area contributed by atoms with Crippen molar-refractivity contribution in [2.45, 2.75) is 45.3 Å². The average Bonchev–Trinajstić information content (AvgIpc) is 2.59. The minimum atomic E-state index is -0.918. The Labute approximate surface area is 102 Å². The van der Waals surface area contributed by atoms with Crippen molar-refractivity contribution in [2.75, 3.05) is 13.7 Å². The van der Waals surface area contributed by atoms with Gasteiger partial charge in [0.05, 0.1) is 12.0 Å². The zero-order valence-electron chi connectivity index (χ0n) is 10.9. The number of carbonyl (C=O) groups excluding carboxylic acids is 1. The largest absolute Gasteiger partial charge is 0.480 e. The monoisotopic (exact) mass is 243 g/mol. The van der Waals surface area contributed by atoms with Gasteiger partial charge in [0.15, 0.2) is 0 Å². The van der Waals surface area contributed by atoms with Crippen LogP contribution in [0.2, 0.25) is 0 Å². The third-order valence-corrected chi connectivity index (χ3v) is 3.40. The van der Waals surface area contributed by atoms with Crippen molar-refractivity contribution < 1.29 is 19.4 Å². The standard InChI is InChI=1S/C12H21NO4/c1-8-5-6-13(10(8)11(15)16)9(14)7-12(2,3)17-4/h8,10H,5-7H2,1-4H3,(H,15,16). The third kappa shape index (κ3) is 3.19. The van der Waals surface area contributed by atoms with Gasteiger partial charge in [-0.05, 0) is 26.2 Å². The molecule has 0 aromatic heterocycles. The third-order valence-electron chi connectivity index (χ3n) is 3.40. The number of nitrogens with zero attached hydrogens (tertiary/aromatic N) is 1. The van der Waals surface area contributed by atoms with Gasteiger partial charge in [0.25, 0.3) is 0 Å². The summed E-state index contributed by atoms with van der Waals surface area (Å²) in [5.41, 5.74) is -0.550. The first-order valence-corrected chi connectivity index (χ1v) is 5.86. The summed E-state index contributed by atoms with van der Waals surface area (Å²) < 4.78 is 5.20. The highest BCUT2D eigenvalue weighted by Gasteiger charge is 2.40. The molecule has 0 saturated carbocycles. The van der Waals surface area contributed by atoms with Crippen LogP contribution in [-0.4, -0.2) is 47.2 Å². The van der Waals surface area contributed by atoms with Crippen LogP contribution in [0.1, 0.15) is 33.6 Å². The first kappa shape index (κ1) is 14.0. The summed E-state index contributed by atoms with van der Waals surface area (Å²) >= 11 is 0. The first-order valence-electron chi connectivity index (χ1n) is 5.86. The number of methoxy groups -OCH3 is 1. The Morgan fingerprint density at radius 2 is 2.06 bits per heavy atom. The van der Waals surface area contributed by atoms with Gasteiger partial charge in [-0.2, -0.15) is 0 Å². The smallest absolute Gasteiger partial charge is 0.326 e. The van der Waals surface area contributed by atoms with E-state index in [2.05, 4.69) is 0 Å². The van der Waals surface area contributed by atoms with Crippen LogP contribution >= 0.6 is 0 Å². The second kappa shape index (κ2) is 5.04. The number of rotatable bonds is 4. The van der Waals surface area contributed by atoms with Crippen LogP contribution in [0.3, 0.4) is 0 Å². The molecular formula is C12H21NO4. The van der Waals surface area contributed by atoms with Crippen molar-refractivity contribution in [1.29, 1.82) is 0 Å². The molecule has 5 nitrogen and oxygen atoms in total. The number of carboxylic acids is 1. The molecule has 2 atom stereocenters. The van der Waals surface area contributed by atoms with E-state index in [0.29, 0.717) is 6.54 Å². The van der Waals surface area contributed by atoms with Gasteiger partial charge in [0.2, 0.25) is 5.91 Å². The van der Waals surface area contributed by atoms with Gasteiger partial charge in [-0.15, -0.1) is 0 Å². The zero-order chi connectivity index (χ0) is 13.2. The van der Waals surface area contributed by atoms with Crippen LogP contribution in [0.25, 0.3) is 0 Å². The number of amides is 1. The predicted molar refractivity (Wildman–Crippen MR) is 62.6 cm³/mol. The molecule has 1 fully saturated rings. The van der Waals surface area contributed by atoms with Crippen LogP contribution in [0.15, 0.2) is 0 Å². The first-order chi connectivity index (χ1) is 7.78. The van der Waals surface area contributed by atoms with Crippen LogP contribution in [0.5, 0.6) is 0 Å². The molecular weight excluding hydrogens is 222 g/mol. The maximum absolute atomic E-state index is 12.1. The molecule has 0 bridgehead atoms. The van der Waals surface area contributed by atoms with E-state index in [-0.39, 0.29) is 18.2 Å². The maximum Gasteiger partial charge on any atom is 0.326 e. The molecule has 0 aliphatic carbocycles. The van der Waals surface area contributed by atoms with E-state index >= 15 is 0 Å². The van der Waals surface area contributed by atoms with Gasteiger partial charge in [-0.25, -0.2) is 4.79 Å². The van der Waals surface area contributed by atoms with Gasteiger partial charge in [-0.3, -0.25) is 4.79 Å². The Hall–Kier alpha value is -1.10. The summed E-state index contributed by atoms with van der Waals surface area (Å²) in [6.45, 7) is 6.03. The number of hydrogen-bond donors (Lipinski definition) is 1. The molecule has 98 valence electrons. The molecule has 0 spiro atoms. The van der Waals surface area contributed by atoms with Gasteiger partial charge in [0, 0.05) is 13.7 Å². The predicted octanol–water partition coefficient (Wildman–Crippen LogP) is 1.12. The van der Waals surface area contributed by atoms with Gasteiger partial charge >= 0.3 is 5.97 Å². The zero-order valence-corrected chi connectivity index (χ0v) is 10.9. The van der Waals surface area contributed by atoms with E-state index in [1.807, 2.05) is 20.8 Å². The molecule has 0 aromatic rings. The number of carbonyl (C=O) groups is 2. The highest BCUT2D eigenvalue weighted by Crippen LogP contribution is 2.26. The fraction of sp³-hybridized carbons (Fsp3) is 0.833. The Morgan fingerprint density at radius 1 is 1.47 bits per heavy atom. The summed E-state index contributed by atoms with van der Waals surface area (Å²) in [6.07, 6.45) is 0.954. The lowest BCUT2D eigenvalue weighted by Crippen LogP contribution is -2.45. The molecule has 5 heteroatoms. The highest BCUT2D eigenvalue weighted by atomic mass is 16.5. The van der Waals surface area contributed by atoms with E-state index in [0.717, 1.165) is 6.42 Å². The fourth-order valence-corrected chi connectivity index (χ4v) is 2.14. The number of hydrogen-bond acceptors (Lipinski definition) is 3. The van der Waals surface area contributed by atoms with Gasteiger partial charge in [-0.1, -0.05) is 6.92 Å². The minimum Gasteiger partial charge on any atom is -0.480 e. The van der Waals surface area contributed by atoms with Crippen molar-refractivity contribution in [2.24, 2.45) is 5.92 Å². The summed E-state index contributed by atoms with van der Waals surface area (Å²) in [4.78, 5) is 24.7. The molecule has 0 aromatic carbocycles. The van der Waals surface area contributed by atoms with E-state index in [9.17, 15) is 9.59 Å². The van der Waals surface area contributed by atoms with Crippen molar-refractivity contribution in [3.05, 3.63) is 0 Å². The summed E-state index contributed by atoms with van der Waals surface area (Å²) in [5, 5.41) is 9.13. The fourth-order valence-electron chi connectivity index (χ4n) is 2.14. The average molecular weight is 243 g/mol. The second-order valence-corrected chi connectivity index (χ2v) is 5.28. The second-order valence-electron chi connectivity index (χ2n) is 5.28. The molecule has 1 rings (SSSR count). The number of likely N-dealkylation sites (tertiary alicyclic amines) is 1. The molecule has 17 heavy (non-hydrogen) atoms. The molecule has 1 N–H and O–H groups in total. The molecule has 1 saturated heterocycles. The Kier molecular flexibility index (Phi) is 4.14. The van der Waals surface area contributed by atoms with Gasteiger partial charge in [0.1, 0.15) is 6.04 Å². The summed E-state index contributed by atoms with van der Waals surface area (Å²) in [6, 6.07) is -0.685. The lowest BCUT2D eigenvalue weighted by Gasteiger charge is -2.28. The molecule has 2 unspecified atom stereocenters. The lowest BCUT2D eigenvalue weighted by atomic mass is 10.0. The highest BCUT2D eigenvalue weighted by molar-refractivity contribution is 5.85. The van der Waals surface area contributed by atoms with Crippen LogP contribution in [0.4, 0.5) is 0 Å². The lowest BCUT2D eigenvalue weighted by molar-refractivity contribution is -0.151. The molecule has 1 aliphatic heterocycles.